The average molecular weight is 289 g/mol. The van der Waals surface area contributed by atoms with Crippen LogP contribution >= 0.6 is 0 Å². The van der Waals surface area contributed by atoms with E-state index in [0.717, 1.165) is 31.4 Å². The van der Waals surface area contributed by atoms with Crippen molar-refractivity contribution in [1.82, 2.24) is 4.90 Å². The summed E-state index contributed by atoms with van der Waals surface area (Å²) in [5, 5.41) is 0. The molecule has 1 aromatic carbocycles. The number of hydrogen-bond donors (Lipinski definition) is 0. The van der Waals surface area contributed by atoms with Crippen molar-refractivity contribution >= 4 is 5.91 Å². The predicted octanol–water partition coefficient (Wildman–Crippen LogP) is 3.75. The number of nitrogens with zero attached hydrogens (tertiary/aromatic N) is 1. The zero-order valence-corrected chi connectivity index (χ0v) is 10.8. The Balaban J connectivity index is 2.14. The smallest absolute Gasteiger partial charge is 0.338 e. The number of likely N-dealkylation sites (tertiary alicyclic amines) is 1. The fraction of sp³-hybridized carbons (Fsp3) is 0.500. The van der Waals surface area contributed by atoms with E-state index < -0.39 is 17.6 Å². The first-order valence-corrected chi connectivity index (χ1v) is 6.51. The third-order valence-corrected chi connectivity index (χ3v) is 3.38. The predicted molar refractivity (Wildman–Crippen MR) is 65.3 cm³/mol. The van der Waals surface area contributed by atoms with Gasteiger partial charge in [-0.3, -0.25) is 4.79 Å². The van der Waals surface area contributed by atoms with Crippen LogP contribution in [0.3, 0.4) is 0 Å². The SMILES string of the molecule is O=C1CCCCCN1Cc1ccc(C(F)(F)F)c(F)c1. The van der Waals surface area contributed by atoms with Crippen LogP contribution < -0.4 is 0 Å². The highest BCUT2D eigenvalue weighted by Crippen LogP contribution is 2.31. The summed E-state index contributed by atoms with van der Waals surface area (Å²) in [5.74, 6) is -1.32. The minimum atomic E-state index is -4.69. The molecule has 110 valence electrons. The van der Waals surface area contributed by atoms with Gasteiger partial charge in [0.25, 0.3) is 0 Å². The van der Waals surface area contributed by atoms with E-state index in [9.17, 15) is 22.4 Å². The molecule has 6 heteroatoms. The Morgan fingerprint density at radius 1 is 1.15 bits per heavy atom. The van der Waals surface area contributed by atoms with E-state index >= 15 is 0 Å². The summed E-state index contributed by atoms with van der Waals surface area (Å²) in [6, 6.07) is 2.82. The summed E-state index contributed by atoms with van der Waals surface area (Å²) >= 11 is 0. The van der Waals surface area contributed by atoms with Gasteiger partial charge in [0.15, 0.2) is 0 Å². The highest BCUT2D eigenvalue weighted by Gasteiger charge is 2.34. The van der Waals surface area contributed by atoms with Gasteiger partial charge in [0, 0.05) is 19.5 Å². The molecule has 2 nitrogen and oxygen atoms in total. The quantitative estimate of drug-likeness (QED) is 0.759. The van der Waals surface area contributed by atoms with Crippen molar-refractivity contribution in [3.63, 3.8) is 0 Å². The lowest BCUT2D eigenvalue weighted by Crippen LogP contribution is -2.29. The largest absolute Gasteiger partial charge is 0.419 e. The molecule has 1 aromatic rings. The molecule has 0 saturated carbocycles. The van der Waals surface area contributed by atoms with Gasteiger partial charge in [-0.2, -0.15) is 13.2 Å². The molecule has 1 saturated heterocycles. The molecule has 1 fully saturated rings. The number of rotatable bonds is 2. The molecule has 0 aromatic heterocycles. The summed E-state index contributed by atoms with van der Waals surface area (Å²) in [4.78, 5) is 13.4. The van der Waals surface area contributed by atoms with Crippen molar-refractivity contribution in [2.24, 2.45) is 0 Å². The summed E-state index contributed by atoms with van der Waals surface area (Å²) in [6.07, 6.45) is -1.58. The van der Waals surface area contributed by atoms with Crippen molar-refractivity contribution in [3.05, 3.63) is 35.1 Å². The molecule has 1 aliphatic heterocycles. The number of halogens is 4. The van der Waals surface area contributed by atoms with Crippen molar-refractivity contribution in [1.29, 1.82) is 0 Å². The molecular weight excluding hydrogens is 274 g/mol. The van der Waals surface area contributed by atoms with E-state index in [1.165, 1.54) is 6.07 Å². The fourth-order valence-corrected chi connectivity index (χ4v) is 2.31. The zero-order chi connectivity index (χ0) is 14.8. The third-order valence-electron chi connectivity index (χ3n) is 3.38. The summed E-state index contributed by atoms with van der Waals surface area (Å²) in [7, 11) is 0. The first-order chi connectivity index (χ1) is 9.38. The molecule has 2 rings (SSSR count). The minimum absolute atomic E-state index is 0.0252. The molecule has 0 bridgehead atoms. The first kappa shape index (κ1) is 14.8. The molecule has 1 aliphatic rings. The van der Waals surface area contributed by atoms with E-state index in [1.54, 1.807) is 4.90 Å². The Morgan fingerprint density at radius 3 is 2.55 bits per heavy atom. The van der Waals surface area contributed by atoms with Gasteiger partial charge in [-0.05, 0) is 30.5 Å². The van der Waals surface area contributed by atoms with E-state index in [0.29, 0.717) is 18.5 Å². The molecule has 0 atom stereocenters. The Bertz CT molecular complexity index is 498. The Kier molecular flexibility index (Phi) is 4.30. The van der Waals surface area contributed by atoms with Gasteiger partial charge < -0.3 is 4.90 Å². The van der Waals surface area contributed by atoms with Crippen molar-refractivity contribution in [2.45, 2.75) is 38.4 Å². The monoisotopic (exact) mass is 289 g/mol. The summed E-state index contributed by atoms with van der Waals surface area (Å²) in [6.45, 7) is 0.732. The van der Waals surface area contributed by atoms with Gasteiger partial charge in [0.1, 0.15) is 5.82 Å². The van der Waals surface area contributed by atoms with Crippen LogP contribution in [0.15, 0.2) is 18.2 Å². The molecule has 1 heterocycles. The Labute approximate surface area is 114 Å². The molecule has 0 spiro atoms. The van der Waals surface area contributed by atoms with Crippen LogP contribution in [0.25, 0.3) is 0 Å². The summed E-state index contributed by atoms with van der Waals surface area (Å²) in [5.41, 5.74) is -0.894. The molecule has 1 amide bonds. The first-order valence-electron chi connectivity index (χ1n) is 6.51. The number of carbonyl (C=O) groups is 1. The molecule has 0 N–H and O–H groups in total. The van der Waals surface area contributed by atoms with Crippen LogP contribution in [0.4, 0.5) is 17.6 Å². The van der Waals surface area contributed by atoms with Gasteiger partial charge in [-0.15, -0.1) is 0 Å². The van der Waals surface area contributed by atoms with Crippen LogP contribution in [0.2, 0.25) is 0 Å². The topological polar surface area (TPSA) is 20.3 Å². The van der Waals surface area contributed by atoms with Crippen molar-refractivity contribution in [2.75, 3.05) is 6.54 Å². The van der Waals surface area contributed by atoms with E-state index in [1.807, 2.05) is 0 Å². The van der Waals surface area contributed by atoms with E-state index in [4.69, 9.17) is 0 Å². The molecule has 0 unspecified atom stereocenters. The van der Waals surface area contributed by atoms with Gasteiger partial charge in [-0.1, -0.05) is 12.5 Å². The van der Waals surface area contributed by atoms with Crippen LogP contribution in [-0.4, -0.2) is 17.4 Å². The third kappa shape index (κ3) is 3.49. The second-order valence-corrected chi connectivity index (χ2v) is 4.94. The standard InChI is InChI=1S/C14H15F4NO/c15-12-8-10(5-6-11(12)14(16,17)18)9-19-7-3-1-2-4-13(19)20/h5-6,8H,1-4,7,9H2. The van der Waals surface area contributed by atoms with E-state index in [-0.39, 0.29) is 12.5 Å². The maximum atomic E-state index is 13.5. The molecule has 20 heavy (non-hydrogen) atoms. The number of carbonyl (C=O) groups excluding carboxylic acids is 1. The van der Waals surface area contributed by atoms with Crippen LogP contribution in [0, 0.1) is 5.82 Å². The highest BCUT2D eigenvalue weighted by molar-refractivity contribution is 5.76. The Morgan fingerprint density at radius 2 is 1.90 bits per heavy atom. The normalized spacial score (nSPS) is 17.2. The van der Waals surface area contributed by atoms with Gasteiger partial charge in [0.2, 0.25) is 5.91 Å². The fourth-order valence-electron chi connectivity index (χ4n) is 2.31. The number of alkyl halides is 3. The van der Waals surface area contributed by atoms with Crippen LogP contribution in [0.1, 0.15) is 36.8 Å². The second-order valence-electron chi connectivity index (χ2n) is 4.94. The Hall–Kier alpha value is -1.59. The van der Waals surface area contributed by atoms with Gasteiger partial charge in [-0.25, -0.2) is 4.39 Å². The average Bonchev–Trinajstić information content (AvgIpc) is 2.53. The number of amides is 1. The van der Waals surface area contributed by atoms with E-state index in [2.05, 4.69) is 0 Å². The van der Waals surface area contributed by atoms with Gasteiger partial charge in [0.05, 0.1) is 5.56 Å². The molecule has 0 radical (unpaired) electrons. The van der Waals surface area contributed by atoms with Crippen LogP contribution in [-0.2, 0) is 17.5 Å². The number of benzene rings is 1. The lowest BCUT2D eigenvalue weighted by atomic mass is 10.1. The minimum Gasteiger partial charge on any atom is -0.338 e. The lowest BCUT2D eigenvalue weighted by molar-refractivity contribution is -0.140. The van der Waals surface area contributed by atoms with Crippen molar-refractivity contribution < 1.29 is 22.4 Å². The number of hydrogen-bond acceptors (Lipinski definition) is 1. The highest BCUT2D eigenvalue weighted by atomic mass is 19.4. The second kappa shape index (κ2) is 5.81. The molecule has 0 aliphatic carbocycles. The zero-order valence-electron chi connectivity index (χ0n) is 10.8. The maximum absolute atomic E-state index is 13.5. The molecular formula is C14H15F4NO. The maximum Gasteiger partial charge on any atom is 0.419 e. The van der Waals surface area contributed by atoms with Crippen LogP contribution in [0.5, 0.6) is 0 Å². The summed E-state index contributed by atoms with van der Waals surface area (Å²) < 4.78 is 50.8. The lowest BCUT2D eigenvalue weighted by Gasteiger charge is -2.21. The van der Waals surface area contributed by atoms with Crippen molar-refractivity contribution in [3.8, 4) is 0 Å². The van der Waals surface area contributed by atoms with Gasteiger partial charge >= 0.3 is 6.18 Å².